The molecular formula is C14H15BrN2. The molecular weight excluding hydrogens is 276 g/mol. The fourth-order valence-corrected chi connectivity index (χ4v) is 3.02. The van der Waals surface area contributed by atoms with Gasteiger partial charge in [0.05, 0.1) is 0 Å². The number of nitrogens with one attached hydrogen (secondary N) is 1. The Labute approximate surface area is 110 Å². The van der Waals surface area contributed by atoms with Crippen molar-refractivity contribution in [3.8, 4) is 0 Å². The Morgan fingerprint density at radius 2 is 1.76 bits per heavy atom. The minimum atomic E-state index is 0.597. The van der Waals surface area contributed by atoms with Crippen molar-refractivity contribution in [1.82, 2.24) is 4.68 Å². The Bertz CT molecular complexity index is 487. The van der Waals surface area contributed by atoms with Gasteiger partial charge in [-0.2, -0.15) is 0 Å². The van der Waals surface area contributed by atoms with Crippen molar-refractivity contribution in [2.45, 2.75) is 24.8 Å². The van der Waals surface area contributed by atoms with E-state index >= 15 is 0 Å². The van der Waals surface area contributed by atoms with Crippen molar-refractivity contribution < 1.29 is 0 Å². The first-order chi connectivity index (χ1) is 8.33. The lowest BCUT2D eigenvalue weighted by molar-refractivity contribution is 0.351. The lowest BCUT2D eigenvalue weighted by atomic mass is 9.76. The number of nitrogens with zero attached hydrogens (tertiary/aromatic N) is 1. The molecule has 1 aromatic heterocycles. The van der Waals surface area contributed by atoms with E-state index in [9.17, 15) is 0 Å². The van der Waals surface area contributed by atoms with E-state index in [1.165, 1.54) is 22.9 Å². The van der Waals surface area contributed by atoms with E-state index in [1.54, 1.807) is 0 Å². The zero-order valence-corrected chi connectivity index (χ0v) is 11.1. The average Bonchev–Trinajstić information content (AvgIpc) is 2.77. The molecule has 1 heterocycles. The second-order valence-corrected chi connectivity index (χ2v) is 5.46. The summed E-state index contributed by atoms with van der Waals surface area (Å²) in [4.78, 5) is 0. The van der Waals surface area contributed by atoms with Gasteiger partial charge in [-0.3, -0.25) is 4.68 Å². The van der Waals surface area contributed by atoms with Gasteiger partial charge in [-0.05, 0) is 42.5 Å². The van der Waals surface area contributed by atoms with Crippen LogP contribution in [0.1, 0.15) is 24.3 Å². The minimum absolute atomic E-state index is 0.597. The highest BCUT2D eigenvalue weighted by Gasteiger charge is 2.31. The molecule has 0 amide bonds. The third kappa shape index (κ3) is 2.25. The normalized spacial score (nSPS) is 23.1. The Hall–Kier alpha value is -1.22. The highest BCUT2D eigenvalue weighted by atomic mass is 79.9. The number of rotatable bonds is 3. The molecule has 0 bridgehead atoms. The van der Waals surface area contributed by atoms with Crippen molar-refractivity contribution in [1.29, 1.82) is 0 Å². The molecule has 2 aromatic rings. The molecule has 0 aliphatic heterocycles. The van der Waals surface area contributed by atoms with Gasteiger partial charge in [0.15, 0.2) is 0 Å². The molecule has 1 aliphatic rings. The van der Waals surface area contributed by atoms with E-state index in [1.807, 2.05) is 29.2 Å². The molecule has 0 atom stereocenters. The zero-order valence-electron chi connectivity index (χ0n) is 9.51. The summed E-state index contributed by atoms with van der Waals surface area (Å²) in [6.45, 7) is 0. The van der Waals surface area contributed by atoms with Crippen molar-refractivity contribution >= 4 is 15.9 Å². The molecule has 0 unspecified atom stereocenters. The van der Waals surface area contributed by atoms with Crippen molar-refractivity contribution in [2.75, 3.05) is 5.43 Å². The van der Waals surface area contributed by atoms with Crippen LogP contribution in [0.4, 0.5) is 0 Å². The summed E-state index contributed by atoms with van der Waals surface area (Å²) in [6, 6.07) is 13.2. The molecule has 0 spiro atoms. The molecule has 2 nitrogen and oxygen atoms in total. The highest BCUT2D eigenvalue weighted by Crippen LogP contribution is 2.40. The molecule has 1 N–H and O–H groups in total. The maximum atomic E-state index is 3.63. The lowest BCUT2D eigenvalue weighted by Gasteiger charge is -2.37. The largest absolute Gasteiger partial charge is 0.323 e. The van der Waals surface area contributed by atoms with E-state index in [0.717, 1.165) is 0 Å². The minimum Gasteiger partial charge on any atom is -0.323 e. The molecule has 1 aromatic carbocycles. The fraction of sp³-hybridized carbons (Fsp3) is 0.286. The Balaban J connectivity index is 1.60. The number of hydrogen-bond acceptors (Lipinski definition) is 1. The maximum Gasteiger partial charge on any atom is 0.0436 e. The van der Waals surface area contributed by atoms with Gasteiger partial charge in [0, 0.05) is 22.9 Å². The fourth-order valence-electron chi connectivity index (χ4n) is 2.41. The smallest absolute Gasteiger partial charge is 0.0436 e. The molecule has 1 fully saturated rings. The van der Waals surface area contributed by atoms with Gasteiger partial charge >= 0.3 is 0 Å². The van der Waals surface area contributed by atoms with Crippen LogP contribution in [-0.2, 0) is 0 Å². The second kappa shape index (κ2) is 4.57. The number of aromatic nitrogens is 1. The Morgan fingerprint density at radius 3 is 2.47 bits per heavy atom. The van der Waals surface area contributed by atoms with Crippen molar-refractivity contribution in [3.63, 3.8) is 0 Å². The molecule has 3 heteroatoms. The van der Waals surface area contributed by atoms with Gasteiger partial charge in [-0.1, -0.05) is 34.1 Å². The van der Waals surface area contributed by atoms with Crippen LogP contribution in [0.5, 0.6) is 0 Å². The Kier molecular flexibility index (Phi) is 2.93. The van der Waals surface area contributed by atoms with Gasteiger partial charge < -0.3 is 5.43 Å². The average molecular weight is 291 g/mol. The van der Waals surface area contributed by atoms with Crippen LogP contribution in [0.15, 0.2) is 53.3 Å². The molecule has 1 aliphatic carbocycles. The van der Waals surface area contributed by atoms with Crippen LogP contribution in [-0.4, -0.2) is 10.7 Å². The van der Waals surface area contributed by atoms with Crippen LogP contribution in [0.2, 0.25) is 0 Å². The van der Waals surface area contributed by atoms with E-state index in [-0.39, 0.29) is 0 Å². The summed E-state index contributed by atoms with van der Waals surface area (Å²) in [5.74, 6) is 0.693. The number of hydrogen-bond donors (Lipinski definition) is 1. The van der Waals surface area contributed by atoms with Gasteiger partial charge in [0.25, 0.3) is 0 Å². The van der Waals surface area contributed by atoms with E-state index in [4.69, 9.17) is 0 Å². The monoisotopic (exact) mass is 290 g/mol. The second-order valence-electron chi connectivity index (χ2n) is 4.61. The molecule has 17 heavy (non-hydrogen) atoms. The highest BCUT2D eigenvalue weighted by molar-refractivity contribution is 9.10. The van der Waals surface area contributed by atoms with Gasteiger partial charge in [0.2, 0.25) is 0 Å². The van der Waals surface area contributed by atoms with Gasteiger partial charge in [0.1, 0.15) is 0 Å². The summed E-state index contributed by atoms with van der Waals surface area (Å²) in [5, 5.41) is 0. The first kappa shape index (κ1) is 10.9. The Morgan fingerprint density at radius 1 is 1.06 bits per heavy atom. The van der Waals surface area contributed by atoms with E-state index < -0.39 is 0 Å². The summed E-state index contributed by atoms with van der Waals surface area (Å²) >= 11 is 3.63. The van der Waals surface area contributed by atoms with Crippen molar-refractivity contribution in [2.24, 2.45) is 0 Å². The number of halogens is 1. The third-order valence-electron chi connectivity index (χ3n) is 3.42. The van der Waals surface area contributed by atoms with E-state index in [2.05, 4.69) is 45.6 Å². The summed E-state index contributed by atoms with van der Waals surface area (Å²) in [6.07, 6.45) is 6.51. The quantitative estimate of drug-likeness (QED) is 0.911. The van der Waals surface area contributed by atoms with Gasteiger partial charge in [-0.25, -0.2) is 0 Å². The van der Waals surface area contributed by atoms with Crippen molar-refractivity contribution in [3.05, 3.63) is 58.8 Å². The van der Waals surface area contributed by atoms with Crippen LogP contribution in [0, 0.1) is 0 Å². The maximum absolute atomic E-state index is 3.63. The number of benzene rings is 1. The summed E-state index contributed by atoms with van der Waals surface area (Å²) in [7, 11) is 0. The zero-order chi connectivity index (χ0) is 11.7. The SMILES string of the molecule is Brc1ccccc1C1CC(Nn2cccc2)C1. The first-order valence-electron chi connectivity index (χ1n) is 5.97. The predicted octanol–water partition coefficient (Wildman–Crippen LogP) is 3.74. The topological polar surface area (TPSA) is 17.0 Å². The molecule has 0 saturated heterocycles. The standard InChI is InChI=1S/C14H15BrN2/c15-14-6-2-1-5-13(14)11-9-12(10-11)16-17-7-3-4-8-17/h1-8,11-12,16H,9-10H2. The molecule has 3 rings (SSSR count). The summed E-state index contributed by atoms with van der Waals surface area (Å²) in [5.41, 5.74) is 4.92. The molecule has 88 valence electrons. The van der Waals surface area contributed by atoms with Crippen LogP contribution < -0.4 is 5.43 Å². The predicted molar refractivity (Wildman–Crippen MR) is 73.7 cm³/mol. The molecule has 0 radical (unpaired) electrons. The first-order valence-corrected chi connectivity index (χ1v) is 6.76. The van der Waals surface area contributed by atoms with E-state index in [0.29, 0.717) is 12.0 Å². The lowest BCUT2D eigenvalue weighted by Crippen LogP contribution is -2.38. The third-order valence-corrected chi connectivity index (χ3v) is 4.14. The molecule has 1 saturated carbocycles. The van der Waals surface area contributed by atoms with Crippen LogP contribution in [0.25, 0.3) is 0 Å². The van der Waals surface area contributed by atoms with Crippen LogP contribution in [0.3, 0.4) is 0 Å². The summed E-state index contributed by atoms with van der Waals surface area (Å²) < 4.78 is 3.28. The van der Waals surface area contributed by atoms with Gasteiger partial charge in [-0.15, -0.1) is 0 Å². The van der Waals surface area contributed by atoms with Crippen LogP contribution >= 0.6 is 15.9 Å².